The van der Waals surface area contributed by atoms with Gasteiger partial charge in [-0.05, 0) is 31.9 Å². The summed E-state index contributed by atoms with van der Waals surface area (Å²) in [6.07, 6.45) is 0. The lowest BCUT2D eigenvalue weighted by atomic mass is 10.3. The van der Waals surface area contributed by atoms with Gasteiger partial charge in [0.1, 0.15) is 12.4 Å². The number of carbonyl (C=O) groups is 1. The highest BCUT2D eigenvalue weighted by molar-refractivity contribution is 9.12. The molecule has 0 spiro atoms. The maximum Gasteiger partial charge on any atom is 0.293 e. The molecule has 0 N–H and O–H groups in total. The monoisotopic (exact) mass is 372 g/mol. The first kappa shape index (κ1) is 11.5. The molecule has 2 aromatic rings. The van der Waals surface area contributed by atoms with Gasteiger partial charge < -0.3 is 4.74 Å². The van der Waals surface area contributed by atoms with Gasteiger partial charge in [-0.25, -0.2) is 4.39 Å². The van der Waals surface area contributed by atoms with Crippen molar-refractivity contribution in [1.82, 2.24) is 0 Å². The van der Waals surface area contributed by atoms with E-state index in [2.05, 4.69) is 36.6 Å². The molecule has 0 saturated heterocycles. The second-order valence-electron chi connectivity index (χ2n) is 2.60. The average molecular weight is 374 g/mol. The lowest BCUT2D eigenvalue weighted by Gasteiger charge is -1.94. The minimum absolute atomic E-state index is 0.0156. The minimum Gasteiger partial charge on any atom is -0.462 e. The van der Waals surface area contributed by atoms with Gasteiger partial charge in [-0.2, -0.15) is 0 Å². The SMILES string of the molecule is O=COCc1sc2c(Br)sc(Br)c2c1F. The Bertz CT molecular complexity index is 520. The van der Waals surface area contributed by atoms with E-state index in [1.807, 2.05) is 0 Å². The van der Waals surface area contributed by atoms with E-state index >= 15 is 0 Å². The largest absolute Gasteiger partial charge is 0.462 e. The topological polar surface area (TPSA) is 26.3 Å². The van der Waals surface area contributed by atoms with Crippen LogP contribution in [0.25, 0.3) is 10.1 Å². The van der Waals surface area contributed by atoms with Crippen molar-refractivity contribution in [1.29, 1.82) is 0 Å². The molecule has 7 heteroatoms. The fraction of sp³-hybridized carbons (Fsp3) is 0.125. The zero-order chi connectivity index (χ0) is 11.0. The third kappa shape index (κ3) is 1.98. The van der Waals surface area contributed by atoms with Crippen LogP contribution < -0.4 is 0 Å². The summed E-state index contributed by atoms with van der Waals surface area (Å²) < 4.78 is 20.8. The van der Waals surface area contributed by atoms with E-state index in [1.54, 1.807) is 0 Å². The van der Waals surface area contributed by atoms with Crippen LogP contribution in [0.3, 0.4) is 0 Å². The van der Waals surface area contributed by atoms with E-state index in [1.165, 1.54) is 22.7 Å². The first-order valence-corrected chi connectivity index (χ1v) is 6.97. The van der Waals surface area contributed by atoms with Gasteiger partial charge in [-0.15, -0.1) is 22.7 Å². The average Bonchev–Trinajstić information content (AvgIpc) is 2.65. The number of rotatable bonds is 3. The number of carbonyl (C=O) groups excluding carboxylic acids is 1. The Morgan fingerprint density at radius 3 is 2.67 bits per heavy atom. The molecule has 0 radical (unpaired) electrons. The number of hydrogen-bond acceptors (Lipinski definition) is 4. The van der Waals surface area contributed by atoms with Gasteiger partial charge in [0.05, 0.1) is 22.5 Å². The zero-order valence-electron chi connectivity index (χ0n) is 7.05. The quantitative estimate of drug-likeness (QED) is 0.749. The highest BCUT2D eigenvalue weighted by Gasteiger charge is 2.19. The molecule has 0 aliphatic carbocycles. The predicted molar refractivity (Wildman–Crippen MR) is 65.9 cm³/mol. The summed E-state index contributed by atoms with van der Waals surface area (Å²) in [6.45, 7) is 0.300. The van der Waals surface area contributed by atoms with Gasteiger partial charge in [-0.1, -0.05) is 0 Å². The second-order valence-corrected chi connectivity index (χ2v) is 7.36. The van der Waals surface area contributed by atoms with Crippen molar-refractivity contribution in [2.24, 2.45) is 0 Å². The summed E-state index contributed by atoms with van der Waals surface area (Å²) in [5, 5.41) is 0.557. The van der Waals surface area contributed by atoms with Gasteiger partial charge in [0.15, 0.2) is 0 Å². The molecule has 0 aliphatic heterocycles. The number of ether oxygens (including phenoxy) is 1. The van der Waals surface area contributed by atoms with Crippen LogP contribution >= 0.6 is 54.5 Å². The molecule has 0 unspecified atom stereocenters. The molecule has 0 fully saturated rings. The van der Waals surface area contributed by atoms with Crippen LogP contribution in [0.1, 0.15) is 4.88 Å². The Morgan fingerprint density at radius 1 is 1.33 bits per heavy atom. The summed E-state index contributed by atoms with van der Waals surface area (Å²) in [7, 11) is 0. The van der Waals surface area contributed by atoms with E-state index < -0.39 is 0 Å². The zero-order valence-corrected chi connectivity index (χ0v) is 11.9. The molecule has 2 nitrogen and oxygen atoms in total. The smallest absolute Gasteiger partial charge is 0.293 e. The van der Waals surface area contributed by atoms with Crippen molar-refractivity contribution in [2.45, 2.75) is 6.61 Å². The molecule has 0 bridgehead atoms. The standard InChI is InChI=1S/C8H3Br2FO2S2/c9-7-4-5(11)3(1-13-2-12)14-6(4)8(10)15-7/h2H,1H2. The van der Waals surface area contributed by atoms with Crippen molar-refractivity contribution in [3.63, 3.8) is 0 Å². The second kappa shape index (κ2) is 4.48. The van der Waals surface area contributed by atoms with Crippen LogP contribution in [0.2, 0.25) is 0 Å². The molecule has 0 saturated carbocycles. The Balaban J connectivity index is 2.54. The molecule has 2 aromatic heterocycles. The number of hydrogen-bond donors (Lipinski definition) is 0. The van der Waals surface area contributed by atoms with Crippen LogP contribution in [-0.4, -0.2) is 6.47 Å². The molecular weight excluding hydrogens is 371 g/mol. The Hall–Kier alpha value is 0.0200. The third-order valence-corrected chi connectivity index (χ3v) is 5.83. The fourth-order valence-electron chi connectivity index (χ4n) is 1.15. The summed E-state index contributed by atoms with van der Waals surface area (Å²) in [4.78, 5) is 10.5. The molecule has 2 heterocycles. The molecule has 15 heavy (non-hydrogen) atoms. The fourth-order valence-corrected chi connectivity index (χ4v) is 5.62. The van der Waals surface area contributed by atoms with Crippen LogP contribution in [0.4, 0.5) is 4.39 Å². The molecule has 2 rings (SSSR count). The molecule has 0 aromatic carbocycles. The predicted octanol–water partition coefficient (Wildman–Crippen LogP) is 4.30. The summed E-state index contributed by atoms with van der Waals surface area (Å²) in [6, 6.07) is 0. The van der Waals surface area contributed by atoms with E-state index in [0.29, 0.717) is 16.7 Å². The van der Waals surface area contributed by atoms with Crippen LogP contribution in [-0.2, 0) is 16.1 Å². The van der Waals surface area contributed by atoms with Gasteiger partial charge >= 0.3 is 0 Å². The lowest BCUT2D eigenvalue weighted by molar-refractivity contribution is -0.129. The molecule has 80 valence electrons. The lowest BCUT2D eigenvalue weighted by Crippen LogP contribution is -1.88. The number of thiophene rings is 2. The first-order valence-electron chi connectivity index (χ1n) is 3.75. The number of fused-ring (bicyclic) bond motifs is 1. The van der Waals surface area contributed by atoms with Crippen molar-refractivity contribution < 1.29 is 13.9 Å². The van der Waals surface area contributed by atoms with E-state index in [0.717, 1.165) is 12.3 Å². The minimum atomic E-state index is -0.314. The van der Waals surface area contributed by atoms with Crippen LogP contribution in [0.15, 0.2) is 7.57 Å². The summed E-state index contributed by atoms with van der Waals surface area (Å²) in [5.74, 6) is -0.314. The maximum absolute atomic E-state index is 13.8. The molecule has 0 amide bonds. The van der Waals surface area contributed by atoms with Crippen LogP contribution in [0, 0.1) is 5.82 Å². The highest BCUT2D eigenvalue weighted by Crippen LogP contribution is 2.45. The first-order chi connectivity index (χ1) is 7.15. The van der Waals surface area contributed by atoms with Gasteiger partial charge in [-0.3, -0.25) is 4.79 Å². The van der Waals surface area contributed by atoms with Crippen molar-refractivity contribution >= 4 is 71.1 Å². The van der Waals surface area contributed by atoms with Crippen molar-refractivity contribution in [2.75, 3.05) is 0 Å². The summed E-state index contributed by atoms with van der Waals surface area (Å²) in [5.41, 5.74) is 0. The van der Waals surface area contributed by atoms with E-state index in [-0.39, 0.29) is 12.4 Å². The Labute approximate surface area is 109 Å². The Kier molecular flexibility index (Phi) is 3.44. The van der Waals surface area contributed by atoms with E-state index in [9.17, 15) is 9.18 Å². The Morgan fingerprint density at radius 2 is 2.07 bits per heavy atom. The molecule has 0 atom stereocenters. The third-order valence-electron chi connectivity index (χ3n) is 1.75. The van der Waals surface area contributed by atoms with Gasteiger partial charge in [0, 0.05) is 0 Å². The van der Waals surface area contributed by atoms with Crippen molar-refractivity contribution in [3.8, 4) is 0 Å². The van der Waals surface area contributed by atoms with Crippen LogP contribution in [0.5, 0.6) is 0 Å². The number of halogens is 3. The van der Waals surface area contributed by atoms with Gasteiger partial charge in [0.25, 0.3) is 6.47 Å². The maximum atomic E-state index is 13.8. The van der Waals surface area contributed by atoms with Gasteiger partial charge in [0.2, 0.25) is 0 Å². The normalized spacial score (nSPS) is 10.9. The summed E-state index contributed by atoms with van der Waals surface area (Å²) >= 11 is 9.37. The van der Waals surface area contributed by atoms with E-state index in [4.69, 9.17) is 0 Å². The highest BCUT2D eigenvalue weighted by atomic mass is 79.9. The molecule has 0 aliphatic rings. The van der Waals surface area contributed by atoms with Crippen molar-refractivity contribution in [3.05, 3.63) is 18.3 Å². The molecular formula is C8H3Br2FO2S2.